The van der Waals surface area contributed by atoms with E-state index in [0.29, 0.717) is 16.8 Å². The van der Waals surface area contributed by atoms with Gasteiger partial charge in [-0.2, -0.15) is 0 Å². The van der Waals surface area contributed by atoms with Gasteiger partial charge in [0.15, 0.2) is 0 Å². The first-order valence-corrected chi connectivity index (χ1v) is 6.39. The summed E-state index contributed by atoms with van der Waals surface area (Å²) in [7, 11) is 0. The van der Waals surface area contributed by atoms with Crippen molar-refractivity contribution in [1.29, 1.82) is 0 Å². The molecule has 0 fully saturated rings. The molecule has 0 aliphatic carbocycles. The molecule has 0 spiro atoms. The van der Waals surface area contributed by atoms with Gasteiger partial charge in [-0.15, -0.1) is 0 Å². The number of nitrogens with zero attached hydrogens (tertiary/aromatic N) is 1. The number of nitrogens with one attached hydrogen (secondary N) is 1. The molecule has 7 nitrogen and oxygen atoms in total. The number of anilines is 1. The summed E-state index contributed by atoms with van der Waals surface area (Å²) in [6.45, 7) is 0. The van der Waals surface area contributed by atoms with E-state index >= 15 is 0 Å². The van der Waals surface area contributed by atoms with Gasteiger partial charge >= 0.3 is 0 Å². The fourth-order valence-electron chi connectivity index (χ4n) is 1.93. The lowest BCUT2D eigenvalue weighted by Gasteiger charge is -2.06. The molecule has 2 amide bonds. The maximum Gasteiger partial charge on any atom is 0.273 e. The van der Waals surface area contributed by atoms with Gasteiger partial charge < -0.3 is 11.1 Å². The van der Waals surface area contributed by atoms with Crippen LogP contribution in [0.2, 0.25) is 0 Å². The zero-order chi connectivity index (χ0) is 16.1. The minimum Gasteiger partial charge on any atom is -0.366 e. The van der Waals surface area contributed by atoms with Crippen LogP contribution in [0, 0.1) is 10.1 Å². The first-order chi connectivity index (χ1) is 10.5. The highest BCUT2D eigenvalue weighted by Gasteiger charge is 2.15. The first kappa shape index (κ1) is 15.2. The van der Waals surface area contributed by atoms with Gasteiger partial charge in [0.05, 0.1) is 11.3 Å². The van der Waals surface area contributed by atoms with Crippen molar-refractivity contribution in [2.45, 2.75) is 6.42 Å². The quantitative estimate of drug-likeness (QED) is 0.647. The Morgan fingerprint density at radius 3 is 2.32 bits per heavy atom. The Morgan fingerprint density at radius 2 is 1.73 bits per heavy atom. The van der Waals surface area contributed by atoms with Crippen molar-refractivity contribution in [3.8, 4) is 0 Å². The monoisotopic (exact) mass is 299 g/mol. The van der Waals surface area contributed by atoms with Crippen LogP contribution in [0.15, 0.2) is 48.5 Å². The molecule has 0 aliphatic rings. The number of carbonyl (C=O) groups excluding carboxylic acids is 2. The Bertz CT molecular complexity index is 726. The summed E-state index contributed by atoms with van der Waals surface area (Å²) < 4.78 is 0. The molecule has 2 rings (SSSR count). The number of hydrogen-bond acceptors (Lipinski definition) is 4. The minimum absolute atomic E-state index is 0.0956. The highest BCUT2D eigenvalue weighted by molar-refractivity contribution is 5.95. The van der Waals surface area contributed by atoms with Crippen LogP contribution in [-0.2, 0) is 11.2 Å². The van der Waals surface area contributed by atoms with Gasteiger partial charge in [0.2, 0.25) is 11.8 Å². The van der Waals surface area contributed by atoms with Crippen molar-refractivity contribution in [2.24, 2.45) is 5.73 Å². The molecule has 0 atom stereocenters. The zero-order valence-electron chi connectivity index (χ0n) is 11.5. The number of nitrogens with two attached hydrogens (primary N) is 1. The van der Waals surface area contributed by atoms with Crippen LogP contribution in [0.25, 0.3) is 0 Å². The summed E-state index contributed by atoms with van der Waals surface area (Å²) in [5.74, 6) is -0.945. The van der Waals surface area contributed by atoms with Gasteiger partial charge in [0, 0.05) is 22.9 Å². The predicted molar refractivity (Wildman–Crippen MR) is 80.4 cm³/mol. The van der Waals surface area contributed by atoms with E-state index in [0.717, 1.165) is 0 Å². The van der Waals surface area contributed by atoms with Gasteiger partial charge in [-0.3, -0.25) is 19.7 Å². The summed E-state index contributed by atoms with van der Waals surface area (Å²) in [4.78, 5) is 33.3. The molecular weight excluding hydrogens is 286 g/mol. The van der Waals surface area contributed by atoms with Crippen LogP contribution in [0.4, 0.5) is 11.4 Å². The van der Waals surface area contributed by atoms with E-state index < -0.39 is 10.8 Å². The number of rotatable bonds is 5. The number of hydrogen-bond donors (Lipinski definition) is 2. The Kier molecular flexibility index (Phi) is 4.47. The molecular formula is C15H13N3O4. The Morgan fingerprint density at radius 1 is 1.09 bits per heavy atom. The normalized spacial score (nSPS) is 10.0. The largest absolute Gasteiger partial charge is 0.366 e. The van der Waals surface area contributed by atoms with Crippen molar-refractivity contribution in [3.63, 3.8) is 0 Å². The molecule has 0 heterocycles. The van der Waals surface area contributed by atoms with E-state index in [1.54, 1.807) is 12.1 Å². The van der Waals surface area contributed by atoms with Crippen LogP contribution in [0.5, 0.6) is 0 Å². The number of para-hydroxylation sites is 1. The molecule has 0 aliphatic heterocycles. The van der Waals surface area contributed by atoms with E-state index in [9.17, 15) is 19.7 Å². The lowest BCUT2D eigenvalue weighted by molar-refractivity contribution is -0.385. The SMILES string of the molecule is NC(=O)c1ccc(NC(=O)Cc2ccccc2[N+](=O)[O-])cc1. The molecule has 0 radical (unpaired) electrons. The van der Waals surface area contributed by atoms with Crippen LogP contribution in [0.1, 0.15) is 15.9 Å². The average molecular weight is 299 g/mol. The molecule has 22 heavy (non-hydrogen) atoms. The second-order valence-electron chi connectivity index (χ2n) is 4.55. The summed E-state index contributed by atoms with van der Waals surface area (Å²) in [6.07, 6.45) is -0.116. The predicted octanol–water partition coefficient (Wildman–Crippen LogP) is 1.87. The first-order valence-electron chi connectivity index (χ1n) is 6.39. The minimum atomic E-state index is -0.558. The molecule has 7 heteroatoms. The lowest BCUT2D eigenvalue weighted by Crippen LogP contribution is -2.15. The van der Waals surface area contributed by atoms with E-state index in [1.165, 1.54) is 36.4 Å². The second kappa shape index (κ2) is 6.49. The van der Waals surface area contributed by atoms with Crippen LogP contribution < -0.4 is 11.1 Å². The van der Waals surface area contributed by atoms with Crippen molar-refractivity contribution in [2.75, 3.05) is 5.32 Å². The van der Waals surface area contributed by atoms with Gasteiger partial charge in [-0.1, -0.05) is 18.2 Å². The molecule has 0 aromatic heterocycles. The highest BCUT2D eigenvalue weighted by Crippen LogP contribution is 2.19. The summed E-state index contributed by atoms with van der Waals surface area (Å²) in [5.41, 5.74) is 6.17. The van der Waals surface area contributed by atoms with Gasteiger partial charge in [-0.05, 0) is 24.3 Å². The van der Waals surface area contributed by atoms with Crippen LogP contribution in [-0.4, -0.2) is 16.7 Å². The molecule has 0 unspecified atom stereocenters. The average Bonchev–Trinajstić information content (AvgIpc) is 2.48. The van der Waals surface area contributed by atoms with Gasteiger partial charge in [0.25, 0.3) is 5.69 Å². The van der Waals surface area contributed by atoms with E-state index in [-0.39, 0.29) is 18.0 Å². The number of benzene rings is 2. The lowest BCUT2D eigenvalue weighted by atomic mass is 10.1. The smallest absolute Gasteiger partial charge is 0.273 e. The molecule has 0 saturated carbocycles. The maximum absolute atomic E-state index is 12.0. The molecule has 0 bridgehead atoms. The molecule has 0 saturated heterocycles. The summed E-state index contributed by atoms with van der Waals surface area (Å²) >= 11 is 0. The standard InChI is InChI=1S/C15H13N3O4/c16-15(20)10-5-7-12(8-6-10)17-14(19)9-11-3-1-2-4-13(11)18(21)22/h1-8H,9H2,(H2,16,20)(H,17,19). The third kappa shape index (κ3) is 3.66. The summed E-state index contributed by atoms with van der Waals surface area (Å²) in [6, 6.07) is 12.1. The number of amides is 2. The van der Waals surface area contributed by atoms with Gasteiger partial charge in [0.1, 0.15) is 0 Å². The van der Waals surface area contributed by atoms with E-state index in [2.05, 4.69) is 5.32 Å². The van der Waals surface area contributed by atoms with Crippen molar-refractivity contribution in [3.05, 3.63) is 69.8 Å². The van der Waals surface area contributed by atoms with E-state index in [4.69, 9.17) is 5.73 Å². The van der Waals surface area contributed by atoms with Crippen molar-refractivity contribution < 1.29 is 14.5 Å². The molecule has 3 N–H and O–H groups in total. The highest BCUT2D eigenvalue weighted by atomic mass is 16.6. The third-order valence-electron chi connectivity index (χ3n) is 2.99. The third-order valence-corrected chi connectivity index (χ3v) is 2.99. The number of nitro groups is 1. The molecule has 2 aromatic carbocycles. The number of nitro benzene ring substituents is 1. The van der Waals surface area contributed by atoms with Gasteiger partial charge in [-0.25, -0.2) is 0 Å². The van der Waals surface area contributed by atoms with Crippen LogP contribution in [0.3, 0.4) is 0 Å². The van der Waals surface area contributed by atoms with E-state index in [1.807, 2.05) is 0 Å². The van der Waals surface area contributed by atoms with Crippen molar-refractivity contribution in [1.82, 2.24) is 0 Å². The topological polar surface area (TPSA) is 115 Å². The molecule has 2 aromatic rings. The van der Waals surface area contributed by atoms with Crippen molar-refractivity contribution >= 4 is 23.2 Å². The number of primary amides is 1. The summed E-state index contributed by atoms with van der Waals surface area (Å²) in [5, 5.41) is 13.5. The Hall–Kier alpha value is -3.22. The fraction of sp³-hybridized carbons (Fsp3) is 0.0667. The Balaban J connectivity index is 2.07. The maximum atomic E-state index is 12.0. The molecule has 112 valence electrons. The Labute approximate surface area is 125 Å². The van der Waals surface area contributed by atoms with Crippen LogP contribution >= 0.6 is 0 Å². The zero-order valence-corrected chi connectivity index (χ0v) is 11.5. The number of carbonyl (C=O) groups is 2. The fourth-order valence-corrected chi connectivity index (χ4v) is 1.93. The second-order valence-corrected chi connectivity index (χ2v) is 4.55.